The van der Waals surface area contributed by atoms with E-state index in [1.807, 2.05) is 36.0 Å². The molecule has 1 heterocycles. The van der Waals surface area contributed by atoms with Crippen LogP contribution >= 0.6 is 11.8 Å². The van der Waals surface area contributed by atoms with Gasteiger partial charge in [-0.05, 0) is 18.9 Å². The molecule has 1 saturated carbocycles. The quantitative estimate of drug-likeness (QED) is 0.890. The van der Waals surface area contributed by atoms with Crippen LogP contribution in [0.2, 0.25) is 0 Å². The van der Waals surface area contributed by atoms with Crippen LogP contribution < -0.4 is 4.74 Å². The fraction of sp³-hybridized carbons (Fsp3) is 0.462. The number of hydrogen-bond acceptors (Lipinski definition) is 3. The number of hydrogen-bond donors (Lipinski definition) is 1. The summed E-state index contributed by atoms with van der Waals surface area (Å²) in [5, 5.41) is 9.33. The number of thioether (sulfide) groups is 1. The van der Waals surface area contributed by atoms with E-state index in [9.17, 15) is 9.90 Å². The van der Waals surface area contributed by atoms with Crippen molar-refractivity contribution >= 4 is 17.7 Å². The zero-order chi connectivity index (χ0) is 11.9. The van der Waals surface area contributed by atoms with Crippen molar-refractivity contribution in [3.8, 4) is 5.75 Å². The molecule has 1 aromatic carbocycles. The van der Waals surface area contributed by atoms with Crippen molar-refractivity contribution in [2.75, 3.05) is 11.5 Å². The van der Waals surface area contributed by atoms with Crippen LogP contribution in [-0.2, 0) is 10.2 Å². The number of benzene rings is 1. The van der Waals surface area contributed by atoms with E-state index in [-0.39, 0.29) is 6.10 Å². The topological polar surface area (TPSA) is 46.5 Å². The second-order valence-corrected chi connectivity index (χ2v) is 5.74. The fourth-order valence-corrected chi connectivity index (χ4v) is 2.71. The van der Waals surface area contributed by atoms with E-state index in [1.165, 1.54) is 0 Å². The second kappa shape index (κ2) is 3.95. The van der Waals surface area contributed by atoms with Gasteiger partial charge in [0.25, 0.3) is 0 Å². The summed E-state index contributed by atoms with van der Waals surface area (Å²) >= 11 is 1.86. The Kier molecular flexibility index (Phi) is 2.54. The summed E-state index contributed by atoms with van der Waals surface area (Å²) < 4.78 is 5.87. The highest BCUT2D eigenvalue weighted by Crippen LogP contribution is 2.51. The molecule has 0 atom stereocenters. The Balaban J connectivity index is 1.90. The van der Waals surface area contributed by atoms with E-state index >= 15 is 0 Å². The first-order chi connectivity index (χ1) is 8.22. The number of aliphatic carboxylic acids is 1. The Morgan fingerprint density at radius 1 is 1.35 bits per heavy atom. The number of carboxylic acids is 1. The molecule has 4 heteroatoms. The van der Waals surface area contributed by atoms with Gasteiger partial charge in [-0.3, -0.25) is 4.79 Å². The van der Waals surface area contributed by atoms with E-state index in [2.05, 4.69) is 0 Å². The summed E-state index contributed by atoms with van der Waals surface area (Å²) in [4.78, 5) is 11.3. The third kappa shape index (κ3) is 1.80. The van der Waals surface area contributed by atoms with E-state index in [4.69, 9.17) is 4.74 Å². The Morgan fingerprint density at radius 2 is 2.06 bits per heavy atom. The van der Waals surface area contributed by atoms with Crippen molar-refractivity contribution in [3.63, 3.8) is 0 Å². The van der Waals surface area contributed by atoms with Crippen LogP contribution in [0.4, 0.5) is 0 Å². The lowest BCUT2D eigenvalue weighted by atomic mass is 9.95. The first-order valence-corrected chi connectivity index (χ1v) is 6.95. The molecule has 2 aliphatic rings. The number of rotatable bonds is 4. The van der Waals surface area contributed by atoms with Crippen LogP contribution in [0.1, 0.15) is 18.4 Å². The minimum absolute atomic E-state index is 0.255. The molecular formula is C13H14O3S. The van der Waals surface area contributed by atoms with Gasteiger partial charge in [0.15, 0.2) is 0 Å². The molecule has 1 aromatic rings. The van der Waals surface area contributed by atoms with Gasteiger partial charge in [0.2, 0.25) is 0 Å². The second-order valence-electron chi connectivity index (χ2n) is 4.66. The zero-order valence-corrected chi connectivity index (χ0v) is 10.2. The van der Waals surface area contributed by atoms with Crippen LogP contribution in [0.15, 0.2) is 24.3 Å². The summed E-state index contributed by atoms with van der Waals surface area (Å²) in [5.41, 5.74) is 0.178. The number of carbonyl (C=O) groups is 1. The lowest BCUT2D eigenvalue weighted by Crippen LogP contribution is -2.32. The third-order valence-corrected chi connectivity index (χ3v) is 4.68. The predicted molar refractivity (Wildman–Crippen MR) is 66.7 cm³/mol. The molecular weight excluding hydrogens is 236 g/mol. The molecule has 1 N–H and O–H groups in total. The summed E-state index contributed by atoms with van der Waals surface area (Å²) in [7, 11) is 0. The highest BCUT2D eigenvalue weighted by atomic mass is 32.2. The highest BCUT2D eigenvalue weighted by molar-refractivity contribution is 8.00. The molecule has 2 fully saturated rings. The van der Waals surface area contributed by atoms with Crippen LogP contribution in [0.3, 0.4) is 0 Å². The summed E-state index contributed by atoms with van der Waals surface area (Å²) in [5.74, 6) is 2.05. The van der Waals surface area contributed by atoms with Gasteiger partial charge in [-0.25, -0.2) is 0 Å². The first-order valence-electron chi connectivity index (χ1n) is 5.80. The first kappa shape index (κ1) is 11.0. The average molecular weight is 250 g/mol. The molecule has 0 bridgehead atoms. The Bertz CT molecular complexity index is 450. The Hall–Kier alpha value is -1.16. The van der Waals surface area contributed by atoms with Crippen molar-refractivity contribution in [2.45, 2.75) is 24.4 Å². The molecule has 3 rings (SSSR count). The zero-order valence-electron chi connectivity index (χ0n) is 9.39. The molecule has 1 aliphatic carbocycles. The minimum Gasteiger partial charge on any atom is -0.488 e. The lowest BCUT2D eigenvalue weighted by Gasteiger charge is -2.28. The van der Waals surface area contributed by atoms with Gasteiger partial charge in [0.05, 0.1) is 5.41 Å². The van der Waals surface area contributed by atoms with E-state index in [0.717, 1.165) is 35.7 Å². The molecule has 1 saturated heterocycles. The Morgan fingerprint density at radius 3 is 2.59 bits per heavy atom. The lowest BCUT2D eigenvalue weighted by molar-refractivity contribution is -0.140. The maximum atomic E-state index is 11.3. The van der Waals surface area contributed by atoms with Crippen molar-refractivity contribution in [1.82, 2.24) is 0 Å². The van der Waals surface area contributed by atoms with Gasteiger partial charge in [0.1, 0.15) is 11.9 Å². The van der Waals surface area contributed by atoms with Crippen LogP contribution in [-0.4, -0.2) is 28.7 Å². The van der Waals surface area contributed by atoms with Gasteiger partial charge in [-0.1, -0.05) is 18.2 Å². The summed E-state index contributed by atoms with van der Waals surface area (Å²) in [6.45, 7) is 0. The van der Waals surface area contributed by atoms with Gasteiger partial charge in [-0.15, -0.1) is 0 Å². The van der Waals surface area contributed by atoms with Crippen molar-refractivity contribution in [2.24, 2.45) is 0 Å². The maximum absolute atomic E-state index is 11.3. The normalized spacial score (nSPS) is 21.6. The molecule has 0 amide bonds. The largest absolute Gasteiger partial charge is 0.488 e. The minimum atomic E-state index is -0.725. The monoisotopic (exact) mass is 250 g/mol. The SMILES string of the molecule is O=C(O)C1(c2ccccc2OC2CSC2)CC1. The van der Waals surface area contributed by atoms with Crippen LogP contribution in [0.25, 0.3) is 0 Å². The fourth-order valence-electron chi connectivity index (χ4n) is 2.15. The van der Waals surface area contributed by atoms with Gasteiger partial charge >= 0.3 is 5.97 Å². The molecule has 0 unspecified atom stereocenters. The molecule has 1 aliphatic heterocycles. The van der Waals surface area contributed by atoms with Crippen molar-refractivity contribution in [3.05, 3.63) is 29.8 Å². The highest BCUT2D eigenvalue weighted by Gasteiger charge is 2.53. The number of para-hydroxylation sites is 1. The van der Waals surface area contributed by atoms with Crippen LogP contribution in [0.5, 0.6) is 5.75 Å². The van der Waals surface area contributed by atoms with E-state index < -0.39 is 11.4 Å². The molecule has 90 valence electrons. The molecule has 3 nitrogen and oxygen atoms in total. The number of carboxylic acid groups (broad SMARTS) is 1. The van der Waals surface area contributed by atoms with Crippen molar-refractivity contribution in [1.29, 1.82) is 0 Å². The smallest absolute Gasteiger partial charge is 0.314 e. The molecule has 0 radical (unpaired) electrons. The predicted octanol–water partition coefficient (Wildman–Crippen LogP) is 2.30. The van der Waals surface area contributed by atoms with Gasteiger partial charge < -0.3 is 9.84 Å². The standard InChI is InChI=1S/C13H14O3S/c14-12(15)13(5-6-13)10-3-1-2-4-11(10)16-9-7-17-8-9/h1-4,9H,5-8H2,(H,14,15). The van der Waals surface area contributed by atoms with Gasteiger partial charge in [0, 0.05) is 17.1 Å². The number of ether oxygens (including phenoxy) is 1. The Labute approximate surface area is 104 Å². The molecule has 0 spiro atoms. The average Bonchev–Trinajstić information content (AvgIpc) is 3.05. The van der Waals surface area contributed by atoms with Gasteiger partial charge in [-0.2, -0.15) is 11.8 Å². The van der Waals surface area contributed by atoms with E-state index in [1.54, 1.807) is 0 Å². The molecule has 17 heavy (non-hydrogen) atoms. The van der Waals surface area contributed by atoms with Crippen molar-refractivity contribution < 1.29 is 14.6 Å². The van der Waals surface area contributed by atoms with Crippen LogP contribution in [0, 0.1) is 0 Å². The molecule has 0 aromatic heterocycles. The van der Waals surface area contributed by atoms with E-state index in [0.29, 0.717) is 0 Å². The maximum Gasteiger partial charge on any atom is 0.314 e. The third-order valence-electron chi connectivity index (χ3n) is 3.46. The summed E-state index contributed by atoms with van der Waals surface area (Å²) in [6.07, 6.45) is 1.70. The summed E-state index contributed by atoms with van der Waals surface area (Å²) in [6, 6.07) is 7.58.